The highest BCUT2D eigenvalue weighted by molar-refractivity contribution is 5.91. The molecule has 0 saturated heterocycles. The molecule has 0 aromatic carbocycles. The van der Waals surface area contributed by atoms with Crippen LogP contribution in [0.1, 0.15) is 12.8 Å². The van der Waals surface area contributed by atoms with Crippen LogP contribution >= 0.6 is 0 Å². The highest BCUT2D eigenvalue weighted by Crippen LogP contribution is 2.33. The monoisotopic (exact) mass is 196 g/mol. The van der Waals surface area contributed by atoms with Crippen LogP contribution in [0.5, 0.6) is 0 Å². The van der Waals surface area contributed by atoms with Crippen LogP contribution in [-0.4, -0.2) is 40.5 Å². The fraction of sp³-hybridized carbons (Fsp3) is 0.556. The molecule has 0 aromatic heterocycles. The van der Waals surface area contributed by atoms with E-state index in [0.29, 0.717) is 12.8 Å². The average molecular weight is 196 g/mol. The number of nitrogens with two attached hydrogens (primary N) is 1. The number of aliphatic carboxylic acids is 1. The smallest absolute Gasteiger partial charge is 0.323 e. The molecular weight excluding hydrogens is 184 g/mol. The molecule has 1 amide bonds. The van der Waals surface area contributed by atoms with Gasteiger partial charge in [-0.3, -0.25) is 9.59 Å². The van der Waals surface area contributed by atoms with Gasteiger partial charge in [0.25, 0.3) is 0 Å². The number of hydrogen-bond acceptors (Lipinski definition) is 3. The molecule has 1 rings (SSSR count). The molecule has 14 heavy (non-hydrogen) atoms. The third kappa shape index (κ3) is 2.24. The molecule has 5 heteroatoms. The molecule has 0 radical (unpaired) electrons. The number of nitrogens with zero attached hydrogens (tertiary/aromatic N) is 1. The second-order valence-corrected chi connectivity index (χ2v) is 3.42. The van der Waals surface area contributed by atoms with Gasteiger partial charge in [0.2, 0.25) is 5.91 Å². The van der Waals surface area contributed by atoms with E-state index >= 15 is 0 Å². The number of carbonyl (C=O) groups excluding carboxylic acids is 1. The van der Waals surface area contributed by atoms with Gasteiger partial charge in [-0.2, -0.15) is 0 Å². The van der Waals surface area contributed by atoms with E-state index in [-0.39, 0.29) is 19.0 Å². The van der Waals surface area contributed by atoms with Gasteiger partial charge in [-0.15, -0.1) is 6.42 Å². The number of terminal acetylenes is 1. The van der Waals surface area contributed by atoms with Crippen molar-refractivity contribution in [3.63, 3.8) is 0 Å². The highest BCUT2D eigenvalue weighted by atomic mass is 16.4. The molecule has 1 saturated carbocycles. The summed E-state index contributed by atoms with van der Waals surface area (Å²) in [7, 11) is 0. The molecule has 0 atom stereocenters. The molecule has 0 bridgehead atoms. The average Bonchev–Trinajstić information content (AvgIpc) is 2.82. The van der Waals surface area contributed by atoms with Crippen LogP contribution in [0.15, 0.2) is 0 Å². The quantitative estimate of drug-likeness (QED) is 0.566. The number of rotatable bonds is 4. The minimum Gasteiger partial charge on any atom is -0.480 e. The topological polar surface area (TPSA) is 83.6 Å². The largest absolute Gasteiger partial charge is 0.480 e. The van der Waals surface area contributed by atoms with Crippen molar-refractivity contribution in [1.29, 1.82) is 0 Å². The van der Waals surface area contributed by atoms with Crippen molar-refractivity contribution < 1.29 is 14.7 Å². The Morgan fingerprint density at radius 2 is 2.14 bits per heavy atom. The predicted molar refractivity (Wildman–Crippen MR) is 49.2 cm³/mol. The van der Waals surface area contributed by atoms with Crippen LogP contribution < -0.4 is 5.73 Å². The Kier molecular flexibility index (Phi) is 2.77. The normalized spacial score (nSPS) is 16.9. The lowest BCUT2D eigenvalue weighted by atomic mass is 10.2. The lowest BCUT2D eigenvalue weighted by molar-refractivity contribution is -0.144. The van der Waals surface area contributed by atoms with Gasteiger partial charge in [0.1, 0.15) is 6.54 Å². The fourth-order valence-corrected chi connectivity index (χ4v) is 1.14. The maximum atomic E-state index is 11.6. The lowest BCUT2D eigenvalue weighted by Crippen LogP contribution is -2.47. The van der Waals surface area contributed by atoms with Gasteiger partial charge in [0.05, 0.1) is 12.1 Å². The van der Waals surface area contributed by atoms with Gasteiger partial charge in [0, 0.05) is 0 Å². The zero-order valence-electron chi connectivity index (χ0n) is 7.69. The maximum absolute atomic E-state index is 11.6. The summed E-state index contributed by atoms with van der Waals surface area (Å²) in [4.78, 5) is 23.1. The number of amides is 1. The molecule has 0 unspecified atom stereocenters. The SMILES string of the molecule is C#CCN(CC(=O)O)C(=O)C1(N)CC1. The van der Waals surface area contributed by atoms with E-state index in [9.17, 15) is 9.59 Å². The van der Waals surface area contributed by atoms with Crippen LogP contribution in [0.2, 0.25) is 0 Å². The molecule has 3 N–H and O–H groups in total. The third-order valence-electron chi connectivity index (χ3n) is 2.11. The van der Waals surface area contributed by atoms with Gasteiger partial charge in [0.15, 0.2) is 0 Å². The van der Waals surface area contributed by atoms with E-state index in [1.807, 2.05) is 0 Å². The Morgan fingerprint density at radius 3 is 2.50 bits per heavy atom. The molecule has 76 valence electrons. The molecule has 5 nitrogen and oxygen atoms in total. The van der Waals surface area contributed by atoms with E-state index in [0.717, 1.165) is 4.90 Å². The van der Waals surface area contributed by atoms with Crippen molar-refractivity contribution in [2.75, 3.05) is 13.1 Å². The number of carboxylic acid groups (broad SMARTS) is 1. The van der Waals surface area contributed by atoms with Gasteiger partial charge in [-0.05, 0) is 12.8 Å². The summed E-state index contributed by atoms with van der Waals surface area (Å²) in [6.07, 6.45) is 6.24. The molecule has 0 aliphatic heterocycles. The first kappa shape index (κ1) is 10.5. The summed E-state index contributed by atoms with van der Waals surface area (Å²) in [5.41, 5.74) is 4.79. The van der Waals surface area contributed by atoms with E-state index < -0.39 is 11.5 Å². The summed E-state index contributed by atoms with van der Waals surface area (Å²) in [6, 6.07) is 0. The molecule has 0 heterocycles. The van der Waals surface area contributed by atoms with Gasteiger partial charge < -0.3 is 15.7 Å². The van der Waals surface area contributed by atoms with Crippen molar-refractivity contribution in [2.45, 2.75) is 18.4 Å². The zero-order valence-corrected chi connectivity index (χ0v) is 7.69. The lowest BCUT2D eigenvalue weighted by Gasteiger charge is -2.21. The summed E-state index contributed by atoms with van der Waals surface area (Å²) in [5, 5.41) is 8.54. The fourth-order valence-electron chi connectivity index (χ4n) is 1.14. The molecule has 1 fully saturated rings. The molecule has 1 aliphatic carbocycles. The van der Waals surface area contributed by atoms with E-state index in [1.54, 1.807) is 0 Å². The second kappa shape index (κ2) is 3.68. The number of hydrogen-bond donors (Lipinski definition) is 2. The minimum atomic E-state index is -1.09. The summed E-state index contributed by atoms with van der Waals surface area (Å²) >= 11 is 0. The second-order valence-electron chi connectivity index (χ2n) is 3.42. The highest BCUT2D eigenvalue weighted by Gasteiger charge is 2.48. The van der Waals surface area contributed by atoms with Gasteiger partial charge in [-0.25, -0.2) is 0 Å². The van der Waals surface area contributed by atoms with Crippen molar-refractivity contribution in [1.82, 2.24) is 4.90 Å². The standard InChI is InChI=1S/C9H12N2O3/c1-2-5-11(6-7(12)13)8(14)9(10)3-4-9/h1H,3-6,10H2,(H,12,13). The van der Waals surface area contributed by atoms with Crippen LogP contribution in [0.25, 0.3) is 0 Å². The van der Waals surface area contributed by atoms with E-state index in [2.05, 4.69) is 5.92 Å². The Morgan fingerprint density at radius 1 is 1.57 bits per heavy atom. The molecular formula is C9H12N2O3. The summed E-state index contributed by atoms with van der Waals surface area (Å²) in [6.45, 7) is -0.397. The Bertz CT molecular complexity index is 302. The van der Waals surface area contributed by atoms with Crippen LogP contribution in [0, 0.1) is 12.3 Å². The number of carbonyl (C=O) groups is 2. The Hall–Kier alpha value is -1.54. The van der Waals surface area contributed by atoms with E-state index in [4.69, 9.17) is 17.3 Å². The summed E-state index contributed by atoms with van der Waals surface area (Å²) in [5.74, 6) is 0.792. The van der Waals surface area contributed by atoms with Crippen LogP contribution in [0.3, 0.4) is 0 Å². The molecule has 0 spiro atoms. The molecule has 0 aromatic rings. The molecule has 1 aliphatic rings. The van der Waals surface area contributed by atoms with Crippen LogP contribution in [0.4, 0.5) is 0 Å². The Balaban J connectivity index is 2.63. The zero-order chi connectivity index (χ0) is 10.8. The van der Waals surface area contributed by atoms with Crippen LogP contribution in [-0.2, 0) is 9.59 Å². The van der Waals surface area contributed by atoms with E-state index in [1.165, 1.54) is 0 Å². The third-order valence-corrected chi connectivity index (χ3v) is 2.11. The first-order valence-corrected chi connectivity index (χ1v) is 4.23. The van der Waals surface area contributed by atoms with Crippen molar-refractivity contribution in [3.05, 3.63) is 0 Å². The minimum absolute atomic E-state index is 0.00984. The van der Waals surface area contributed by atoms with Crippen molar-refractivity contribution in [2.24, 2.45) is 5.73 Å². The van der Waals surface area contributed by atoms with Crippen molar-refractivity contribution >= 4 is 11.9 Å². The summed E-state index contributed by atoms with van der Waals surface area (Å²) < 4.78 is 0. The predicted octanol–water partition coefficient (Wildman–Crippen LogP) is -0.976. The number of carboxylic acids is 1. The Labute approximate surface area is 81.9 Å². The maximum Gasteiger partial charge on any atom is 0.323 e. The van der Waals surface area contributed by atoms with Crippen molar-refractivity contribution in [3.8, 4) is 12.3 Å². The first-order chi connectivity index (χ1) is 6.49. The van der Waals surface area contributed by atoms with Gasteiger partial charge >= 0.3 is 5.97 Å². The van der Waals surface area contributed by atoms with Gasteiger partial charge in [-0.1, -0.05) is 5.92 Å². The first-order valence-electron chi connectivity index (χ1n) is 4.23.